The summed E-state index contributed by atoms with van der Waals surface area (Å²) in [6.07, 6.45) is 1.71. The van der Waals surface area contributed by atoms with Crippen molar-refractivity contribution in [2.45, 2.75) is 33.4 Å². The van der Waals surface area contributed by atoms with Crippen LogP contribution >= 0.6 is 0 Å². The van der Waals surface area contributed by atoms with E-state index in [1.54, 1.807) is 6.20 Å². The number of aryl methyl sites for hydroxylation is 1. The summed E-state index contributed by atoms with van der Waals surface area (Å²) < 4.78 is 7.28. The van der Waals surface area contributed by atoms with Crippen LogP contribution in [0.5, 0.6) is 0 Å². The van der Waals surface area contributed by atoms with Gasteiger partial charge in [-0.1, -0.05) is 65.3 Å². The second-order valence-corrected chi connectivity index (χ2v) is 8.57. The van der Waals surface area contributed by atoms with Crippen LogP contribution in [0.2, 0.25) is 0 Å². The third kappa shape index (κ3) is 4.20. The molecule has 0 radical (unpaired) electrons. The zero-order valence-electron chi connectivity index (χ0n) is 19.3. The smallest absolute Gasteiger partial charge is 0.252 e. The molecule has 0 saturated heterocycles. The van der Waals surface area contributed by atoms with E-state index in [-0.39, 0.29) is 18.5 Å². The summed E-state index contributed by atoms with van der Waals surface area (Å²) in [6, 6.07) is 21.7. The predicted molar refractivity (Wildman–Crippen MR) is 131 cm³/mol. The molecule has 0 aliphatic rings. The van der Waals surface area contributed by atoms with E-state index in [0.717, 1.165) is 28.1 Å². The van der Waals surface area contributed by atoms with Gasteiger partial charge < -0.3 is 9.84 Å². The van der Waals surface area contributed by atoms with Gasteiger partial charge in [0.1, 0.15) is 5.69 Å². The number of aromatic nitrogens is 4. The predicted octanol–water partition coefficient (Wildman–Crippen LogP) is 5.57. The molecule has 0 spiro atoms. The number of carbonyl (C=O) groups is 1. The van der Waals surface area contributed by atoms with Crippen molar-refractivity contribution >= 4 is 16.9 Å². The number of fused-ring (bicyclic) bond motifs is 1. The molecule has 0 aliphatic carbocycles. The van der Waals surface area contributed by atoms with E-state index >= 15 is 0 Å². The number of pyridine rings is 1. The largest absolute Gasteiger partial charge is 0.359 e. The highest BCUT2D eigenvalue weighted by atomic mass is 16.5. The Labute approximate surface area is 197 Å². The Kier molecular flexibility index (Phi) is 5.67. The fraction of sp³-hybridized carbons (Fsp3) is 0.185. The molecule has 0 saturated carbocycles. The van der Waals surface area contributed by atoms with E-state index < -0.39 is 0 Å². The van der Waals surface area contributed by atoms with Crippen LogP contribution in [-0.2, 0) is 6.54 Å². The lowest BCUT2D eigenvalue weighted by atomic mass is 10.1. The van der Waals surface area contributed by atoms with Crippen LogP contribution in [0.25, 0.3) is 33.5 Å². The maximum absolute atomic E-state index is 13.3. The van der Waals surface area contributed by atoms with Crippen LogP contribution in [0.4, 0.5) is 0 Å². The molecule has 170 valence electrons. The first-order valence-electron chi connectivity index (χ1n) is 11.2. The minimum Gasteiger partial charge on any atom is -0.359 e. The molecule has 3 heterocycles. The lowest BCUT2D eigenvalue weighted by molar-refractivity contribution is 0.0948. The first-order chi connectivity index (χ1) is 16.5. The van der Waals surface area contributed by atoms with Crippen molar-refractivity contribution in [1.29, 1.82) is 0 Å². The Hall–Kier alpha value is -4.26. The van der Waals surface area contributed by atoms with Gasteiger partial charge in [0.15, 0.2) is 11.4 Å². The van der Waals surface area contributed by atoms with E-state index in [0.29, 0.717) is 22.4 Å². The van der Waals surface area contributed by atoms with Crippen LogP contribution in [-0.4, -0.2) is 25.8 Å². The zero-order chi connectivity index (χ0) is 23.7. The molecule has 0 atom stereocenters. The average molecular weight is 452 g/mol. The molecule has 0 fully saturated rings. The summed E-state index contributed by atoms with van der Waals surface area (Å²) >= 11 is 0. The Bertz CT molecular complexity index is 1450. The van der Waals surface area contributed by atoms with Gasteiger partial charge in [-0.05, 0) is 26.8 Å². The van der Waals surface area contributed by atoms with Gasteiger partial charge in [0, 0.05) is 23.2 Å². The van der Waals surface area contributed by atoms with E-state index in [1.165, 1.54) is 0 Å². The first kappa shape index (κ1) is 21.6. The molecule has 2 aromatic carbocycles. The lowest BCUT2D eigenvalue weighted by Crippen LogP contribution is -2.23. The summed E-state index contributed by atoms with van der Waals surface area (Å²) in [5, 5.41) is 12.3. The normalized spacial score (nSPS) is 11.3. The fourth-order valence-corrected chi connectivity index (χ4v) is 3.86. The molecule has 5 aromatic rings. The Morgan fingerprint density at radius 3 is 2.47 bits per heavy atom. The fourth-order valence-electron chi connectivity index (χ4n) is 3.86. The molecule has 7 nitrogen and oxygen atoms in total. The summed E-state index contributed by atoms with van der Waals surface area (Å²) in [6.45, 7) is 6.35. The number of hydrogen-bond donors (Lipinski definition) is 1. The highest BCUT2D eigenvalue weighted by Gasteiger charge is 2.19. The third-order valence-corrected chi connectivity index (χ3v) is 5.70. The number of nitrogens with one attached hydrogen (secondary N) is 1. The second kappa shape index (κ2) is 8.94. The lowest BCUT2D eigenvalue weighted by Gasteiger charge is -2.11. The number of benzene rings is 2. The van der Waals surface area contributed by atoms with Crippen molar-refractivity contribution in [2.75, 3.05) is 0 Å². The minimum absolute atomic E-state index is 0.111. The number of amides is 1. The maximum atomic E-state index is 13.3. The quantitative estimate of drug-likeness (QED) is 0.365. The van der Waals surface area contributed by atoms with E-state index in [9.17, 15) is 4.79 Å². The second-order valence-electron chi connectivity index (χ2n) is 8.57. The highest BCUT2D eigenvalue weighted by Crippen LogP contribution is 2.27. The van der Waals surface area contributed by atoms with Gasteiger partial charge in [-0.25, -0.2) is 9.67 Å². The molecule has 0 aliphatic heterocycles. The van der Waals surface area contributed by atoms with Gasteiger partial charge in [0.05, 0.1) is 29.4 Å². The van der Waals surface area contributed by atoms with E-state index in [1.807, 2.05) is 92.2 Å². The molecule has 3 aromatic heterocycles. The van der Waals surface area contributed by atoms with Crippen LogP contribution in [0, 0.1) is 6.92 Å². The van der Waals surface area contributed by atoms with Gasteiger partial charge in [0.2, 0.25) is 0 Å². The Morgan fingerprint density at radius 1 is 1.00 bits per heavy atom. The highest BCUT2D eigenvalue weighted by molar-refractivity contribution is 6.06. The van der Waals surface area contributed by atoms with Crippen LogP contribution in [0.3, 0.4) is 0 Å². The Balaban J connectivity index is 1.45. The third-order valence-electron chi connectivity index (χ3n) is 5.70. The SMILES string of the molecule is Cc1ccc(-c2cc(C(=O)NCc3cc(-c4ccccc4)no3)c3cnn(C(C)C)c3n2)cc1. The minimum atomic E-state index is -0.221. The summed E-state index contributed by atoms with van der Waals surface area (Å²) in [5.41, 5.74) is 5.74. The molecular weight excluding hydrogens is 426 g/mol. The summed E-state index contributed by atoms with van der Waals surface area (Å²) in [7, 11) is 0. The van der Waals surface area contributed by atoms with Gasteiger partial charge in [0.25, 0.3) is 5.91 Å². The standard InChI is InChI=1S/C27H25N5O2/c1-17(2)32-26-23(16-29-32)22(14-24(30-26)20-11-9-18(3)10-12-20)27(33)28-15-21-13-25(31-34-21)19-7-5-4-6-8-19/h4-14,16-17H,15H2,1-3H3,(H,28,33). The molecule has 7 heteroatoms. The van der Waals surface area contributed by atoms with Crippen LogP contribution in [0.1, 0.15) is 41.6 Å². The molecule has 34 heavy (non-hydrogen) atoms. The number of hydrogen-bond acceptors (Lipinski definition) is 5. The van der Waals surface area contributed by atoms with Gasteiger partial charge in [-0.15, -0.1) is 0 Å². The van der Waals surface area contributed by atoms with E-state index in [4.69, 9.17) is 9.51 Å². The van der Waals surface area contributed by atoms with Crippen molar-refractivity contribution in [3.8, 4) is 22.5 Å². The molecular formula is C27H25N5O2. The maximum Gasteiger partial charge on any atom is 0.252 e. The molecule has 1 N–H and O–H groups in total. The van der Waals surface area contributed by atoms with Gasteiger partial charge in [-0.2, -0.15) is 5.10 Å². The van der Waals surface area contributed by atoms with Crippen molar-refractivity contribution in [2.24, 2.45) is 0 Å². The monoisotopic (exact) mass is 451 g/mol. The van der Waals surface area contributed by atoms with Crippen LogP contribution in [0.15, 0.2) is 77.4 Å². The first-order valence-corrected chi connectivity index (χ1v) is 11.2. The number of nitrogens with zero attached hydrogens (tertiary/aromatic N) is 4. The van der Waals surface area contributed by atoms with Crippen molar-refractivity contribution in [3.05, 3.63) is 89.8 Å². The molecule has 5 rings (SSSR count). The zero-order valence-corrected chi connectivity index (χ0v) is 19.3. The molecule has 0 unspecified atom stereocenters. The van der Waals surface area contributed by atoms with Gasteiger partial charge in [-0.3, -0.25) is 4.79 Å². The van der Waals surface area contributed by atoms with Crippen molar-refractivity contribution in [3.63, 3.8) is 0 Å². The van der Waals surface area contributed by atoms with Crippen molar-refractivity contribution in [1.82, 2.24) is 25.2 Å². The number of rotatable bonds is 6. The number of carbonyl (C=O) groups excluding carboxylic acids is 1. The van der Waals surface area contributed by atoms with E-state index in [2.05, 4.69) is 15.6 Å². The topological polar surface area (TPSA) is 85.8 Å². The van der Waals surface area contributed by atoms with Crippen molar-refractivity contribution < 1.29 is 9.32 Å². The van der Waals surface area contributed by atoms with Crippen LogP contribution < -0.4 is 5.32 Å². The summed E-state index contributed by atoms with van der Waals surface area (Å²) in [4.78, 5) is 18.1. The average Bonchev–Trinajstić information content (AvgIpc) is 3.50. The summed E-state index contributed by atoms with van der Waals surface area (Å²) in [5.74, 6) is 0.357. The van der Waals surface area contributed by atoms with Gasteiger partial charge >= 0.3 is 0 Å². The molecule has 1 amide bonds. The molecule has 0 bridgehead atoms. The Morgan fingerprint density at radius 2 is 1.74 bits per heavy atom.